The normalized spacial score (nSPS) is 12.8. The second-order valence-corrected chi connectivity index (χ2v) is 8.03. The van der Waals surface area contributed by atoms with Gasteiger partial charge in [-0.05, 0) is 31.0 Å². The molecule has 1 aromatic rings. The summed E-state index contributed by atoms with van der Waals surface area (Å²) in [5.74, 6) is 0.175. The van der Waals surface area contributed by atoms with Gasteiger partial charge in [0.15, 0.2) is 0 Å². The van der Waals surface area contributed by atoms with Crippen molar-refractivity contribution in [2.24, 2.45) is 5.92 Å². The van der Waals surface area contributed by atoms with Crippen LogP contribution in [0.4, 0.5) is 5.69 Å². The Morgan fingerprint density at radius 1 is 1.35 bits per heavy atom. The number of rotatable bonds is 7. The van der Waals surface area contributed by atoms with Crippen LogP contribution in [0.1, 0.15) is 20.8 Å². The molecule has 0 aliphatic carbocycles. The van der Waals surface area contributed by atoms with E-state index in [0.717, 1.165) is 10.6 Å². The first-order chi connectivity index (χ1) is 10.6. The van der Waals surface area contributed by atoms with Crippen molar-refractivity contribution in [3.63, 3.8) is 0 Å². The van der Waals surface area contributed by atoms with Crippen LogP contribution in [0.15, 0.2) is 18.2 Å². The van der Waals surface area contributed by atoms with Gasteiger partial charge < -0.3 is 10.1 Å². The molecule has 6 nitrogen and oxygen atoms in total. The number of ether oxygens (including phenoxy) is 1. The van der Waals surface area contributed by atoms with Gasteiger partial charge in [0.1, 0.15) is 12.3 Å². The number of anilines is 1. The van der Waals surface area contributed by atoms with Gasteiger partial charge >= 0.3 is 0 Å². The van der Waals surface area contributed by atoms with Crippen molar-refractivity contribution >= 4 is 33.2 Å². The Labute approximate surface area is 142 Å². The third-order valence-electron chi connectivity index (χ3n) is 3.49. The minimum Gasteiger partial charge on any atom is -0.495 e. The van der Waals surface area contributed by atoms with Crippen molar-refractivity contribution in [1.82, 2.24) is 5.32 Å². The predicted molar refractivity (Wildman–Crippen MR) is 92.6 cm³/mol. The third kappa shape index (κ3) is 5.58. The minimum atomic E-state index is -3.68. The van der Waals surface area contributed by atoms with Gasteiger partial charge in [-0.1, -0.05) is 25.4 Å². The van der Waals surface area contributed by atoms with E-state index < -0.39 is 15.9 Å². The van der Waals surface area contributed by atoms with Crippen molar-refractivity contribution in [2.45, 2.75) is 26.8 Å². The molecule has 23 heavy (non-hydrogen) atoms. The van der Waals surface area contributed by atoms with Crippen LogP contribution in [-0.2, 0) is 14.8 Å². The van der Waals surface area contributed by atoms with Crippen LogP contribution in [0.2, 0.25) is 5.02 Å². The van der Waals surface area contributed by atoms with Crippen LogP contribution < -0.4 is 14.4 Å². The highest BCUT2D eigenvalue weighted by atomic mass is 35.5. The Hall–Kier alpha value is -1.47. The van der Waals surface area contributed by atoms with Crippen LogP contribution in [0.3, 0.4) is 0 Å². The highest BCUT2D eigenvalue weighted by Crippen LogP contribution is 2.32. The standard InChI is InChI=1S/C15H23ClN2O4S/c1-10(2)11(3)17-15(19)9-18(23(5,20)21)13-8-12(16)6-7-14(13)22-4/h6-8,10-11H,9H2,1-5H3,(H,17,19)/t11-/m0/s1. The van der Waals surface area contributed by atoms with E-state index in [9.17, 15) is 13.2 Å². The fourth-order valence-corrected chi connectivity index (χ4v) is 2.85. The first kappa shape index (κ1) is 19.6. The molecule has 130 valence electrons. The molecule has 0 saturated heterocycles. The molecule has 1 atom stereocenters. The molecule has 1 amide bonds. The molecule has 0 bridgehead atoms. The number of amides is 1. The summed E-state index contributed by atoms with van der Waals surface area (Å²) in [5.41, 5.74) is 0.231. The predicted octanol–water partition coefficient (Wildman–Crippen LogP) is 2.28. The van der Waals surface area contributed by atoms with E-state index in [2.05, 4.69) is 5.32 Å². The molecule has 0 unspecified atom stereocenters. The Morgan fingerprint density at radius 3 is 2.43 bits per heavy atom. The van der Waals surface area contributed by atoms with Crippen LogP contribution >= 0.6 is 11.6 Å². The number of hydrogen-bond acceptors (Lipinski definition) is 4. The number of hydrogen-bond donors (Lipinski definition) is 1. The lowest BCUT2D eigenvalue weighted by Gasteiger charge is -2.25. The van der Waals surface area contributed by atoms with Gasteiger partial charge in [0.05, 0.1) is 19.1 Å². The van der Waals surface area contributed by atoms with Gasteiger partial charge in [0.25, 0.3) is 0 Å². The number of halogens is 1. The fraction of sp³-hybridized carbons (Fsp3) is 0.533. The lowest BCUT2D eigenvalue weighted by molar-refractivity contribution is -0.120. The topological polar surface area (TPSA) is 75.7 Å². The maximum atomic E-state index is 12.2. The Morgan fingerprint density at radius 2 is 1.96 bits per heavy atom. The van der Waals surface area contributed by atoms with E-state index in [-0.39, 0.29) is 24.2 Å². The third-order valence-corrected chi connectivity index (χ3v) is 4.85. The molecule has 0 radical (unpaired) electrons. The van der Waals surface area contributed by atoms with Gasteiger partial charge in [-0.2, -0.15) is 0 Å². The molecule has 0 aromatic heterocycles. The average Bonchev–Trinajstić information content (AvgIpc) is 2.43. The fourth-order valence-electron chi connectivity index (χ4n) is 1.84. The number of carbonyl (C=O) groups is 1. The maximum absolute atomic E-state index is 12.2. The van der Waals surface area contributed by atoms with Crippen LogP contribution in [0.25, 0.3) is 0 Å². The van der Waals surface area contributed by atoms with Crippen molar-refractivity contribution < 1.29 is 17.9 Å². The zero-order valence-electron chi connectivity index (χ0n) is 14.0. The molecular weight excluding hydrogens is 340 g/mol. The van der Waals surface area contributed by atoms with Crippen molar-refractivity contribution in [1.29, 1.82) is 0 Å². The molecule has 1 aromatic carbocycles. The summed E-state index contributed by atoms with van der Waals surface area (Å²) in [6, 6.07) is 4.54. The largest absolute Gasteiger partial charge is 0.495 e. The van der Waals surface area contributed by atoms with E-state index in [4.69, 9.17) is 16.3 Å². The molecular formula is C15H23ClN2O4S. The van der Waals surface area contributed by atoms with Crippen LogP contribution in [-0.4, -0.2) is 40.3 Å². The van der Waals surface area contributed by atoms with Gasteiger partial charge in [0, 0.05) is 11.1 Å². The molecule has 0 aliphatic heterocycles. The number of methoxy groups -OCH3 is 1. The lowest BCUT2D eigenvalue weighted by atomic mass is 10.1. The summed E-state index contributed by atoms with van der Waals surface area (Å²) in [4.78, 5) is 12.2. The second-order valence-electron chi connectivity index (χ2n) is 5.69. The molecule has 1 rings (SSSR count). The second kappa shape index (κ2) is 7.88. The van der Waals surface area contributed by atoms with E-state index in [0.29, 0.717) is 10.8 Å². The van der Waals surface area contributed by atoms with Gasteiger partial charge in [-0.15, -0.1) is 0 Å². The van der Waals surface area contributed by atoms with Gasteiger partial charge in [-0.3, -0.25) is 9.10 Å². The smallest absolute Gasteiger partial charge is 0.240 e. The highest BCUT2D eigenvalue weighted by Gasteiger charge is 2.25. The zero-order chi connectivity index (χ0) is 17.8. The number of nitrogens with one attached hydrogen (secondary N) is 1. The minimum absolute atomic E-state index is 0.0647. The molecule has 0 fully saturated rings. The summed E-state index contributed by atoms with van der Waals surface area (Å²) in [7, 11) is -2.26. The molecule has 0 heterocycles. The first-order valence-electron chi connectivity index (χ1n) is 7.17. The average molecular weight is 363 g/mol. The Bertz CT molecular complexity index is 661. The van der Waals surface area contributed by atoms with Crippen molar-refractivity contribution in [3.8, 4) is 5.75 Å². The SMILES string of the molecule is COc1ccc(Cl)cc1N(CC(=O)N[C@@H](C)C(C)C)S(C)(=O)=O. The summed E-state index contributed by atoms with van der Waals surface area (Å²) in [6.07, 6.45) is 1.03. The molecule has 0 aliphatic rings. The first-order valence-corrected chi connectivity index (χ1v) is 9.39. The molecule has 8 heteroatoms. The quantitative estimate of drug-likeness (QED) is 0.807. The number of sulfonamides is 1. The van der Waals surface area contributed by atoms with E-state index in [1.54, 1.807) is 12.1 Å². The summed E-state index contributed by atoms with van der Waals surface area (Å²) in [6.45, 7) is 5.47. The number of benzene rings is 1. The van der Waals surface area contributed by atoms with E-state index in [1.165, 1.54) is 13.2 Å². The van der Waals surface area contributed by atoms with E-state index in [1.807, 2.05) is 20.8 Å². The summed E-state index contributed by atoms with van der Waals surface area (Å²) < 4.78 is 30.4. The van der Waals surface area contributed by atoms with Crippen molar-refractivity contribution in [3.05, 3.63) is 23.2 Å². The Kier molecular flexibility index (Phi) is 6.70. The monoisotopic (exact) mass is 362 g/mol. The Balaban J connectivity index is 3.13. The molecule has 0 spiro atoms. The van der Waals surface area contributed by atoms with Crippen LogP contribution in [0, 0.1) is 5.92 Å². The van der Waals surface area contributed by atoms with Crippen LogP contribution in [0.5, 0.6) is 5.75 Å². The molecule has 0 saturated carbocycles. The van der Waals surface area contributed by atoms with Gasteiger partial charge in [0.2, 0.25) is 15.9 Å². The number of nitrogens with zero attached hydrogens (tertiary/aromatic N) is 1. The van der Waals surface area contributed by atoms with Gasteiger partial charge in [-0.25, -0.2) is 8.42 Å². The summed E-state index contributed by atoms with van der Waals surface area (Å²) >= 11 is 5.95. The van der Waals surface area contributed by atoms with Crippen molar-refractivity contribution in [2.75, 3.05) is 24.2 Å². The molecule has 1 N–H and O–H groups in total. The lowest BCUT2D eigenvalue weighted by Crippen LogP contribution is -2.44. The maximum Gasteiger partial charge on any atom is 0.240 e. The zero-order valence-corrected chi connectivity index (χ0v) is 15.5. The highest BCUT2D eigenvalue weighted by molar-refractivity contribution is 7.92. The van der Waals surface area contributed by atoms with E-state index >= 15 is 0 Å². The summed E-state index contributed by atoms with van der Waals surface area (Å²) in [5, 5.41) is 3.14. The number of carbonyl (C=O) groups excluding carboxylic acids is 1.